The molecule has 1 amide bonds. The molecule has 4 rings (SSSR count). The van der Waals surface area contributed by atoms with Gasteiger partial charge in [0.15, 0.2) is 12.4 Å². The molecule has 1 aliphatic heterocycles. The number of amidine groups is 1. The first kappa shape index (κ1) is 18.4. The highest BCUT2D eigenvalue weighted by Gasteiger charge is 2.31. The molecule has 0 spiro atoms. The molecule has 148 valence electrons. The second kappa shape index (κ2) is 7.55. The van der Waals surface area contributed by atoms with Crippen LogP contribution in [0.25, 0.3) is 16.6 Å². The van der Waals surface area contributed by atoms with Gasteiger partial charge in [-0.3, -0.25) is 20.6 Å². The Morgan fingerprint density at radius 1 is 1.24 bits per heavy atom. The zero-order valence-electron chi connectivity index (χ0n) is 15.6. The summed E-state index contributed by atoms with van der Waals surface area (Å²) >= 11 is 0. The number of para-hydroxylation sites is 2. The maximum absolute atomic E-state index is 12.2. The van der Waals surface area contributed by atoms with Gasteiger partial charge in [0.2, 0.25) is 0 Å². The fraction of sp³-hybridized carbons (Fsp3) is 0.150. The number of nitrogens with one attached hydrogen (secondary N) is 3. The van der Waals surface area contributed by atoms with Crippen LogP contribution in [0.5, 0.6) is 11.5 Å². The van der Waals surface area contributed by atoms with Gasteiger partial charge in [-0.15, -0.1) is 0 Å². The zero-order valence-corrected chi connectivity index (χ0v) is 15.6. The highest BCUT2D eigenvalue weighted by molar-refractivity contribution is 6.23. The molecule has 0 fully saturated rings. The van der Waals surface area contributed by atoms with Gasteiger partial charge in [0.05, 0.1) is 24.7 Å². The summed E-state index contributed by atoms with van der Waals surface area (Å²) in [4.78, 5) is 19.7. The lowest BCUT2D eigenvalue weighted by Crippen LogP contribution is -2.45. The number of hydrazine groups is 1. The molecule has 0 bridgehead atoms. The Morgan fingerprint density at radius 3 is 2.69 bits per heavy atom. The van der Waals surface area contributed by atoms with Crippen molar-refractivity contribution in [3.63, 3.8) is 0 Å². The quantitative estimate of drug-likeness (QED) is 0.509. The fourth-order valence-electron chi connectivity index (χ4n) is 3.00. The Hall–Kier alpha value is -4.01. The number of carbonyl (C=O) groups is 1. The number of nitrogens with zero attached hydrogens (tertiary/aromatic N) is 2. The van der Waals surface area contributed by atoms with Crippen LogP contribution >= 0.6 is 0 Å². The number of carbonyl (C=O) groups excluding carboxylic acids is 1. The topological polar surface area (TPSA) is 124 Å². The van der Waals surface area contributed by atoms with Gasteiger partial charge in [-0.25, -0.2) is 4.98 Å². The first-order valence-electron chi connectivity index (χ1n) is 8.85. The Morgan fingerprint density at radius 2 is 1.97 bits per heavy atom. The Labute approximate surface area is 166 Å². The minimum absolute atomic E-state index is 0.0283. The minimum Gasteiger partial charge on any atom is -0.509 e. The molecule has 3 aromatic rings. The van der Waals surface area contributed by atoms with Crippen LogP contribution < -0.4 is 14.9 Å². The van der Waals surface area contributed by atoms with Crippen LogP contribution in [-0.4, -0.2) is 52.1 Å². The number of methoxy groups -OCH3 is 1. The summed E-state index contributed by atoms with van der Waals surface area (Å²) in [6.45, 7) is -0.268. The standard InChI is InChI=1S/C20H19N5O4/c1-28-12-6-8-13(9-7-12)29-11-17(27)24-25-10-16(26)18(19(25)21)20-22-14-4-2-3-5-15(14)23-20/h2-9,21,26H,10-11H2,1H3,(H,22,23)(H,24,27). The molecule has 2 aromatic carbocycles. The number of ether oxygens (including phenoxy) is 2. The number of aliphatic hydroxyl groups excluding tert-OH is 1. The van der Waals surface area contributed by atoms with Crippen molar-refractivity contribution in [1.82, 2.24) is 20.4 Å². The molecule has 0 aliphatic carbocycles. The number of benzene rings is 2. The number of aliphatic hydroxyl groups is 1. The summed E-state index contributed by atoms with van der Waals surface area (Å²) in [5.74, 6) is 1.02. The van der Waals surface area contributed by atoms with E-state index in [0.29, 0.717) is 17.3 Å². The van der Waals surface area contributed by atoms with Gasteiger partial charge >= 0.3 is 0 Å². The van der Waals surface area contributed by atoms with Gasteiger partial charge < -0.3 is 19.6 Å². The maximum atomic E-state index is 12.2. The van der Waals surface area contributed by atoms with Gasteiger partial charge in [0.1, 0.15) is 28.7 Å². The molecule has 9 nitrogen and oxygen atoms in total. The van der Waals surface area contributed by atoms with Crippen LogP contribution in [0.3, 0.4) is 0 Å². The van der Waals surface area contributed by atoms with Crippen LogP contribution in [0.15, 0.2) is 54.3 Å². The maximum Gasteiger partial charge on any atom is 0.276 e. The van der Waals surface area contributed by atoms with Crippen molar-refractivity contribution in [2.45, 2.75) is 0 Å². The fourth-order valence-corrected chi connectivity index (χ4v) is 3.00. The van der Waals surface area contributed by atoms with E-state index >= 15 is 0 Å². The van der Waals surface area contributed by atoms with Crippen LogP contribution in [0.1, 0.15) is 5.82 Å². The van der Waals surface area contributed by atoms with Crippen LogP contribution in [-0.2, 0) is 4.79 Å². The first-order chi connectivity index (χ1) is 14.0. The lowest BCUT2D eigenvalue weighted by molar-refractivity contribution is -0.126. The summed E-state index contributed by atoms with van der Waals surface area (Å²) < 4.78 is 10.5. The molecule has 0 unspecified atom stereocenters. The predicted molar refractivity (Wildman–Crippen MR) is 107 cm³/mol. The molecule has 4 N–H and O–H groups in total. The molecule has 29 heavy (non-hydrogen) atoms. The number of hydrogen-bond acceptors (Lipinski definition) is 6. The van der Waals surface area contributed by atoms with Gasteiger partial charge in [0.25, 0.3) is 5.91 Å². The van der Waals surface area contributed by atoms with E-state index in [2.05, 4.69) is 15.4 Å². The average Bonchev–Trinajstić information content (AvgIpc) is 3.26. The molecule has 2 heterocycles. The normalized spacial score (nSPS) is 13.8. The van der Waals surface area contributed by atoms with Crippen LogP contribution in [0.4, 0.5) is 0 Å². The summed E-state index contributed by atoms with van der Waals surface area (Å²) in [7, 11) is 1.57. The van der Waals surface area contributed by atoms with E-state index in [1.807, 2.05) is 24.3 Å². The molecular formula is C20H19N5O4. The van der Waals surface area contributed by atoms with Crippen molar-refractivity contribution in [3.05, 3.63) is 60.1 Å². The van der Waals surface area contributed by atoms with Crippen molar-refractivity contribution in [1.29, 1.82) is 5.41 Å². The van der Waals surface area contributed by atoms with Crippen molar-refractivity contribution in [2.24, 2.45) is 0 Å². The van der Waals surface area contributed by atoms with E-state index in [1.165, 1.54) is 5.01 Å². The lowest BCUT2D eigenvalue weighted by Gasteiger charge is -2.19. The number of rotatable bonds is 6. The average molecular weight is 393 g/mol. The molecule has 0 radical (unpaired) electrons. The molecule has 0 atom stereocenters. The van der Waals surface area contributed by atoms with Gasteiger partial charge in [-0.2, -0.15) is 0 Å². The van der Waals surface area contributed by atoms with E-state index < -0.39 is 5.91 Å². The predicted octanol–water partition coefficient (Wildman–Crippen LogP) is 2.24. The van der Waals surface area contributed by atoms with Crippen molar-refractivity contribution < 1.29 is 19.4 Å². The summed E-state index contributed by atoms with van der Waals surface area (Å²) in [6, 6.07) is 14.3. The second-order valence-electron chi connectivity index (χ2n) is 6.36. The van der Waals surface area contributed by atoms with E-state index in [1.54, 1.807) is 31.4 Å². The van der Waals surface area contributed by atoms with E-state index in [0.717, 1.165) is 11.0 Å². The molecule has 0 saturated carbocycles. The number of imidazole rings is 1. The van der Waals surface area contributed by atoms with Crippen LogP contribution in [0.2, 0.25) is 0 Å². The monoisotopic (exact) mass is 393 g/mol. The number of hydrogen-bond donors (Lipinski definition) is 4. The summed E-state index contributed by atoms with van der Waals surface area (Å²) in [5, 5.41) is 19.9. The third kappa shape index (κ3) is 3.70. The second-order valence-corrected chi connectivity index (χ2v) is 6.36. The van der Waals surface area contributed by atoms with E-state index in [9.17, 15) is 9.90 Å². The molecular weight excluding hydrogens is 374 g/mol. The third-order valence-electron chi connectivity index (χ3n) is 4.42. The summed E-state index contributed by atoms with van der Waals surface area (Å²) in [6.07, 6.45) is 0. The molecule has 1 aromatic heterocycles. The number of aromatic nitrogens is 2. The minimum atomic E-state index is -0.454. The SMILES string of the molecule is COc1ccc(OCC(=O)NN2CC(O)=C(c3nc4ccccc4[nH]3)C2=N)cc1. The Balaban J connectivity index is 1.39. The molecule has 1 aliphatic rings. The van der Waals surface area contributed by atoms with Crippen molar-refractivity contribution in [2.75, 3.05) is 20.3 Å². The lowest BCUT2D eigenvalue weighted by atomic mass is 10.2. The first-order valence-corrected chi connectivity index (χ1v) is 8.85. The molecule has 9 heteroatoms. The number of fused-ring (bicyclic) bond motifs is 1. The van der Waals surface area contributed by atoms with Crippen LogP contribution in [0, 0.1) is 5.41 Å². The highest BCUT2D eigenvalue weighted by Crippen LogP contribution is 2.26. The Bertz CT molecular complexity index is 1070. The number of amides is 1. The zero-order chi connectivity index (χ0) is 20.4. The largest absolute Gasteiger partial charge is 0.509 e. The summed E-state index contributed by atoms with van der Waals surface area (Å²) in [5.41, 5.74) is 4.33. The van der Waals surface area contributed by atoms with Gasteiger partial charge in [0, 0.05) is 0 Å². The van der Waals surface area contributed by atoms with E-state index in [-0.39, 0.29) is 30.3 Å². The number of H-pyrrole nitrogens is 1. The van der Waals surface area contributed by atoms with Gasteiger partial charge in [-0.05, 0) is 36.4 Å². The van der Waals surface area contributed by atoms with E-state index in [4.69, 9.17) is 14.9 Å². The van der Waals surface area contributed by atoms with Gasteiger partial charge in [-0.1, -0.05) is 12.1 Å². The van der Waals surface area contributed by atoms with Crippen molar-refractivity contribution in [3.8, 4) is 11.5 Å². The van der Waals surface area contributed by atoms with Crippen molar-refractivity contribution >= 4 is 28.3 Å². The smallest absolute Gasteiger partial charge is 0.276 e. The number of aromatic amines is 1. The molecule has 0 saturated heterocycles. The Kier molecular flexibility index (Phi) is 4.78. The third-order valence-corrected chi connectivity index (χ3v) is 4.42. The highest BCUT2D eigenvalue weighted by atomic mass is 16.5.